The largest absolute Gasteiger partial charge is 0.462 e. The van der Waals surface area contributed by atoms with Gasteiger partial charge in [0.25, 0.3) is 0 Å². The van der Waals surface area contributed by atoms with Crippen molar-refractivity contribution in [2.45, 2.75) is 195 Å². The Kier molecular flexibility index (Phi) is 24.1. The van der Waals surface area contributed by atoms with Gasteiger partial charge < -0.3 is 43.2 Å². The standard InChI is InChI=1S/C51H92N2O13Si3/c1-38(2)45(57)63-27-25-61-43(55)18-20-50(9)32-40(30-48(5,6)35-50)52-42(54)34-67(11,12)37-69(15,16)66-68(13,14)29-17-22-60-23-24-65-47(59)53-41-31-49(7,8)36-51(10,33-41)21-19-44(56)62-26-28-64-46(58)39(3)4/h40-41H,1,3,17-37H2,2,4-16H3,(H,52,54)(H,53,59). The average molecular weight is 1030 g/mol. The highest BCUT2D eigenvalue weighted by Gasteiger charge is 2.44. The molecule has 4 unspecified atom stereocenters. The fourth-order valence-electron chi connectivity index (χ4n) is 11.5. The number of nitrogens with one attached hydrogen (secondary N) is 2. The third-order valence-electron chi connectivity index (χ3n) is 12.9. The number of rotatable bonds is 29. The van der Waals surface area contributed by atoms with E-state index in [2.05, 4.69) is 105 Å². The first-order chi connectivity index (χ1) is 31.6. The number of ether oxygens (including phenoxy) is 6. The highest BCUT2D eigenvalue weighted by Crippen LogP contribution is 2.50. The molecule has 0 radical (unpaired) electrons. The lowest BCUT2D eigenvalue weighted by atomic mass is 9.61. The second-order valence-electron chi connectivity index (χ2n) is 24.5. The summed E-state index contributed by atoms with van der Waals surface area (Å²) in [5.41, 5.74) is 1.20. The van der Waals surface area contributed by atoms with Crippen LogP contribution in [-0.4, -0.2) is 119 Å². The van der Waals surface area contributed by atoms with E-state index in [0.29, 0.717) is 44.1 Å². The maximum absolute atomic E-state index is 13.7. The van der Waals surface area contributed by atoms with Crippen LogP contribution in [0.5, 0.6) is 0 Å². The number of esters is 4. The number of amides is 2. The summed E-state index contributed by atoms with van der Waals surface area (Å²) in [5.74, 6) is -1.58. The molecular formula is C51H92N2O13Si3. The Bertz CT molecular complexity index is 1780. The fourth-order valence-corrected chi connectivity index (χ4v) is 30.5. The van der Waals surface area contributed by atoms with Crippen molar-refractivity contribution in [1.29, 1.82) is 0 Å². The van der Waals surface area contributed by atoms with Crippen molar-refractivity contribution in [3.8, 4) is 0 Å². The smallest absolute Gasteiger partial charge is 0.407 e. The predicted octanol–water partition coefficient (Wildman–Crippen LogP) is 9.97. The first kappa shape index (κ1) is 61.8. The van der Waals surface area contributed by atoms with Gasteiger partial charge in [0.2, 0.25) is 5.91 Å². The second kappa shape index (κ2) is 26.9. The highest BCUT2D eigenvalue weighted by molar-refractivity contribution is 6.97. The zero-order valence-electron chi connectivity index (χ0n) is 45.2. The summed E-state index contributed by atoms with van der Waals surface area (Å²) in [6.07, 6.45) is 7.17. The number of hydrogen-bond donors (Lipinski definition) is 2. The third kappa shape index (κ3) is 26.1. The van der Waals surface area contributed by atoms with Crippen molar-refractivity contribution < 1.29 is 61.3 Å². The quantitative estimate of drug-likeness (QED) is 0.0237. The van der Waals surface area contributed by atoms with Gasteiger partial charge in [-0.2, -0.15) is 0 Å². The molecule has 2 N–H and O–H groups in total. The number of hydrogen-bond acceptors (Lipinski definition) is 13. The Hall–Kier alpha value is -3.33. The van der Waals surface area contributed by atoms with E-state index in [-0.39, 0.29) is 103 Å². The van der Waals surface area contributed by atoms with Gasteiger partial charge in [0.05, 0.1) is 14.7 Å². The molecule has 2 aliphatic rings. The first-order valence-corrected chi connectivity index (χ1v) is 34.7. The Morgan fingerprint density at radius 1 is 0.565 bits per heavy atom. The molecule has 0 saturated heterocycles. The van der Waals surface area contributed by atoms with Gasteiger partial charge in [-0.05, 0) is 131 Å². The minimum absolute atomic E-state index is 0.00151. The summed E-state index contributed by atoms with van der Waals surface area (Å²) >= 11 is 0. The highest BCUT2D eigenvalue weighted by atomic mass is 28.4. The van der Waals surface area contributed by atoms with Gasteiger partial charge in [-0.25, -0.2) is 14.4 Å². The lowest BCUT2D eigenvalue weighted by Crippen LogP contribution is -2.51. The van der Waals surface area contributed by atoms with Crippen LogP contribution >= 0.6 is 0 Å². The van der Waals surface area contributed by atoms with E-state index in [4.69, 9.17) is 32.5 Å². The molecule has 0 aliphatic heterocycles. The second-order valence-corrected chi connectivity index (χ2v) is 38.9. The maximum Gasteiger partial charge on any atom is 0.407 e. The number of carbonyl (C=O) groups is 6. The van der Waals surface area contributed by atoms with E-state index in [1.165, 1.54) is 0 Å². The van der Waals surface area contributed by atoms with Crippen molar-refractivity contribution in [1.82, 2.24) is 10.6 Å². The molecule has 0 heterocycles. The molecular weight excluding hydrogens is 933 g/mol. The molecule has 0 bridgehead atoms. The van der Waals surface area contributed by atoms with Gasteiger partial charge in [0.1, 0.15) is 33.0 Å². The minimum Gasteiger partial charge on any atom is -0.462 e. The summed E-state index contributed by atoms with van der Waals surface area (Å²) in [4.78, 5) is 74.6. The summed E-state index contributed by atoms with van der Waals surface area (Å²) in [5, 5.41) is 6.46. The molecule has 69 heavy (non-hydrogen) atoms. The van der Waals surface area contributed by atoms with Crippen LogP contribution in [-0.2, 0) is 56.5 Å². The molecule has 0 aromatic heterocycles. The maximum atomic E-state index is 13.7. The Labute approximate surface area is 418 Å². The van der Waals surface area contributed by atoms with E-state index in [9.17, 15) is 28.8 Å². The number of alkyl carbamates (subject to hydrolysis) is 1. The molecule has 18 heteroatoms. The van der Waals surface area contributed by atoms with E-state index >= 15 is 0 Å². The Morgan fingerprint density at radius 2 is 1.00 bits per heavy atom. The topological polar surface area (TPSA) is 191 Å². The molecule has 2 amide bonds. The zero-order chi connectivity index (χ0) is 52.5. The molecule has 0 aromatic rings. The van der Waals surface area contributed by atoms with Crippen LogP contribution < -0.4 is 10.6 Å². The molecule has 2 saturated carbocycles. The fraction of sp³-hybridized carbons (Fsp3) is 0.804. The molecule has 15 nitrogen and oxygen atoms in total. The predicted molar refractivity (Wildman–Crippen MR) is 277 cm³/mol. The van der Waals surface area contributed by atoms with Gasteiger partial charge >= 0.3 is 30.0 Å². The Morgan fingerprint density at radius 3 is 1.46 bits per heavy atom. The molecule has 4 atom stereocenters. The van der Waals surface area contributed by atoms with Crippen LogP contribution in [0.4, 0.5) is 4.79 Å². The van der Waals surface area contributed by atoms with Crippen LogP contribution in [0.3, 0.4) is 0 Å². The van der Waals surface area contributed by atoms with Crippen molar-refractivity contribution in [3.05, 3.63) is 24.3 Å². The van der Waals surface area contributed by atoms with Crippen LogP contribution in [0.1, 0.15) is 126 Å². The van der Waals surface area contributed by atoms with Crippen molar-refractivity contribution >= 4 is 60.6 Å². The van der Waals surface area contributed by atoms with E-state index in [1.54, 1.807) is 13.8 Å². The molecule has 2 rings (SSSR count). The lowest BCUT2D eigenvalue weighted by Gasteiger charge is -2.47. The normalized spacial score (nSPS) is 22.3. The van der Waals surface area contributed by atoms with E-state index < -0.39 is 42.7 Å². The van der Waals surface area contributed by atoms with E-state index in [0.717, 1.165) is 50.2 Å². The van der Waals surface area contributed by atoms with Crippen LogP contribution in [0.25, 0.3) is 0 Å². The van der Waals surface area contributed by atoms with Gasteiger partial charge in [-0.15, -0.1) is 0 Å². The van der Waals surface area contributed by atoms with Crippen molar-refractivity contribution in [2.24, 2.45) is 21.7 Å². The summed E-state index contributed by atoms with van der Waals surface area (Å²) in [7, 11) is -6.12. The van der Waals surface area contributed by atoms with Crippen LogP contribution in [0.15, 0.2) is 24.3 Å². The Balaban J connectivity index is 1.72. The first-order valence-electron chi connectivity index (χ1n) is 25.1. The molecule has 0 spiro atoms. The average Bonchev–Trinajstić information content (AvgIpc) is 3.16. The van der Waals surface area contributed by atoms with Crippen LogP contribution in [0, 0.1) is 21.7 Å². The van der Waals surface area contributed by atoms with Crippen LogP contribution in [0.2, 0.25) is 57.0 Å². The lowest BCUT2D eigenvalue weighted by molar-refractivity contribution is -0.150. The molecule has 396 valence electrons. The summed E-state index contributed by atoms with van der Waals surface area (Å²) < 4.78 is 39.0. The van der Waals surface area contributed by atoms with Gasteiger partial charge in [-0.1, -0.05) is 67.8 Å². The number of carbonyl (C=O) groups excluding carboxylic acids is 6. The zero-order valence-corrected chi connectivity index (χ0v) is 48.2. The molecule has 2 aliphatic carbocycles. The van der Waals surface area contributed by atoms with Crippen molar-refractivity contribution in [3.63, 3.8) is 0 Å². The van der Waals surface area contributed by atoms with Gasteiger partial charge in [-0.3, -0.25) is 14.4 Å². The van der Waals surface area contributed by atoms with Gasteiger partial charge in [0, 0.05) is 48.7 Å². The van der Waals surface area contributed by atoms with E-state index in [1.807, 2.05) is 0 Å². The molecule has 0 aromatic carbocycles. The SMILES string of the molecule is C=C(C)C(=O)OCCOC(=O)CCC1(C)CC(NC(=O)C[Si](C)(C)C[Si](C)(C)O[Si](C)(C)CCCOCCOC(=O)NC2CC(C)(C)CC(C)(CCC(=O)OCCOC(=O)C(=C)C)C2)CC(C)(C)C1. The van der Waals surface area contributed by atoms with Crippen molar-refractivity contribution in [2.75, 3.05) is 46.2 Å². The summed E-state index contributed by atoms with van der Waals surface area (Å²) in [6.45, 7) is 38.0. The molecule has 2 fully saturated rings. The minimum atomic E-state index is -2.11. The van der Waals surface area contributed by atoms with Gasteiger partial charge in [0.15, 0.2) is 16.6 Å². The summed E-state index contributed by atoms with van der Waals surface area (Å²) in [6, 6.07) is 1.40. The third-order valence-corrected chi connectivity index (χ3v) is 27.4. The monoisotopic (exact) mass is 1020 g/mol.